The van der Waals surface area contributed by atoms with Crippen molar-refractivity contribution < 1.29 is 21.9 Å². The first-order valence-corrected chi connectivity index (χ1v) is 6.85. The number of nitrogens with zero attached hydrogens (tertiary/aromatic N) is 1. The highest BCUT2D eigenvalue weighted by molar-refractivity contribution is 9.10. The summed E-state index contributed by atoms with van der Waals surface area (Å²) in [6.07, 6.45) is -2.84. The number of methoxy groups -OCH3 is 1. The summed E-state index contributed by atoms with van der Waals surface area (Å²) in [6.45, 7) is 0. The number of halogens is 4. The van der Waals surface area contributed by atoms with Crippen molar-refractivity contribution >= 4 is 35.7 Å². The van der Waals surface area contributed by atoms with Crippen LogP contribution >= 0.6 is 26.6 Å². The van der Waals surface area contributed by atoms with E-state index in [1.165, 1.54) is 0 Å². The molecule has 9 heteroatoms. The Morgan fingerprint density at radius 3 is 2.50 bits per heavy atom. The predicted octanol–water partition coefficient (Wildman–Crippen LogP) is 2.72. The van der Waals surface area contributed by atoms with Gasteiger partial charge in [0.2, 0.25) is 0 Å². The van der Waals surface area contributed by atoms with Gasteiger partial charge in [-0.05, 0) is 15.9 Å². The van der Waals surface area contributed by atoms with Gasteiger partial charge in [0, 0.05) is 16.7 Å². The van der Waals surface area contributed by atoms with Gasteiger partial charge in [-0.3, -0.25) is 0 Å². The van der Waals surface area contributed by atoms with Crippen LogP contribution in [-0.4, -0.2) is 20.5 Å². The van der Waals surface area contributed by atoms with Crippen molar-refractivity contribution in [3.05, 3.63) is 16.4 Å². The fourth-order valence-corrected chi connectivity index (χ4v) is 3.38. The molecule has 0 unspecified atom stereocenters. The molecule has 0 N–H and O–H groups in total. The van der Waals surface area contributed by atoms with Gasteiger partial charge >= 0.3 is 0 Å². The molecule has 0 atom stereocenters. The molecule has 0 spiro atoms. The van der Waals surface area contributed by atoms with Gasteiger partial charge in [0.25, 0.3) is 15.5 Å². The van der Waals surface area contributed by atoms with Crippen molar-refractivity contribution in [1.29, 1.82) is 0 Å². The number of hydrogen-bond donors (Lipinski definition) is 0. The van der Waals surface area contributed by atoms with E-state index in [2.05, 4.69) is 25.7 Å². The van der Waals surface area contributed by atoms with Crippen LogP contribution < -0.4 is 4.74 Å². The van der Waals surface area contributed by atoms with Crippen molar-refractivity contribution in [2.45, 2.75) is 11.3 Å². The Hall–Kier alpha value is -0.470. The highest BCUT2D eigenvalue weighted by Crippen LogP contribution is 2.35. The van der Waals surface area contributed by atoms with E-state index in [1.807, 2.05) is 0 Å². The minimum atomic E-state index is -4.13. The van der Waals surface area contributed by atoms with Crippen LogP contribution in [0.4, 0.5) is 8.78 Å². The Kier molecular flexibility index (Phi) is 4.08. The average Bonchev–Trinajstić information content (AvgIpc) is 2.14. The molecule has 0 bridgehead atoms. The van der Waals surface area contributed by atoms with E-state index < -0.39 is 26.1 Å². The minimum absolute atomic E-state index is 0.285. The highest BCUT2D eigenvalue weighted by Gasteiger charge is 2.25. The smallest absolute Gasteiger partial charge is 0.280 e. The zero-order valence-electron chi connectivity index (χ0n) is 7.75. The molecule has 1 rings (SSSR count). The van der Waals surface area contributed by atoms with Crippen LogP contribution in [0.1, 0.15) is 12.1 Å². The Labute approximate surface area is 103 Å². The molecule has 16 heavy (non-hydrogen) atoms. The van der Waals surface area contributed by atoms with Gasteiger partial charge in [-0.15, -0.1) is 0 Å². The average molecular weight is 337 g/mol. The third-order valence-electron chi connectivity index (χ3n) is 1.60. The van der Waals surface area contributed by atoms with Crippen LogP contribution in [-0.2, 0) is 9.05 Å². The number of ether oxygens (including phenoxy) is 1. The van der Waals surface area contributed by atoms with Gasteiger partial charge in [0.05, 0.1) is 7.11 Å². The van der Waals surface area contributed by atoms with Crippen molar-refractivity contribution in [3.8, 4) is 5.75 Å². The van der Waals surface area contributed by atoms with Gasteiger partial charge < -0.3 is 4.74 Å². The molecule has 0 aliphatic heterocycles. The quantitative estimate of drug-likeness (QED) is 0.629. The van der Waals surface area contributed by atoms with E-state index in [9.17, 15) is 17.2 Å². The zero-order chi connectivity index (χ0) is 12.5. The number of rotatable bonds is 3. The van der Waals surface area contributed by atoms with Crippen molar-refractivity contribution in [2.75, 3.05) is 7.11 Å². The summed E-state index contributed by atoms with van der Waals surface area (Å²) in [6, 6.07) is 0.824. The van der Waals surface area contributed by atoms with Crippen molar-refractivity contribution in [2.24, 2.45) is 0 Å². The Balaban J connectivity index is 3.53. The SMILES string of the molecule is COc1cc(C(F)F)nc(Br)c1S(=O)(=O)Cl. The summed E-state index contributed by atoms with van der Waals surface area (Å²) in [5.74, 6) is -0.285. The van der Waals surface area contributed by atoms with E-state index in [0.717, 1.165) is 13.2 Å². The zero-order valence-corrected chi connectivity index (χ0v) is 10.9. The fourth-order valence-electron chi connectivity index (χ4n) is 0.982. The lowest BCUT2D eigenvalue weighted by Gasteiger charge is -2.09. The molecule has 90 valence electrons. The molecule has 1 aromatic rings. The van der Waals surface area contributed by atoms with Gasteiger partial charge in [0.15, 0.2) is 4.90 Å². The molecule has 0 aliphatic carbocycles. The molecular weight excluding hydrogens is 332 g/mol. The van der Waals surface area contributed by atoms with Crippen LogP contribution in [0.5, 0.6) is 5.75 Å². The summed E-state index contributed by atoms with van der Waals surface area (Å²) >= 11 is 2.75. The lowest BCUT2D eigenvalue weighted by atomic mass is 10.3. The third kappa shape index (κ3) is 2.80. The molecule has 1 heterocycles. The van der Waals surface area contributed by atoms with Gasteiger partial charge in [0.1, 0.15) is 16.0 Å². The monoisotopic (exact) mass is 335 g/mol. The number of alkyl halides is 2. The highest BCUT2D eigenvalue weighted by atomic mass is 79.9. The molecule has 0 saturated heterocycles. The summed E-state index contributed by atoms with van der Waals surface area (Å²) in [5.41, 5.74) is -0.604. The first kappa shape index (κ1) is 13.6. The van der Waals surface area contributed by atoms with Gasteiger partial charge in [-0.2, -0.15) is 0 Å². The maximum atomic E-state index is 12.4. The maximum absolute atomic E-state index is 12.4. The first-order chi connectivity index (χ1) is 7.27. The van der Waals surface area contributed by atoms with E-state index >= 15 is 0 Å². The van der Waals surface area contributed by atoms with Crippen LogP contribution in [0.25, 0.3) is 0 Å². The molecule has 0 fully saturated rings. The van der Waals surface area contributed by atoms with Crippen molar-refractivity contribution in [1.82, 2.24) is 4.98 Å². The molecule has 0 saturated carbocycles. The Morgan fingerprint density at radius 2 is 2.12 bits per heavy atom. The Bertz CT molecular complexity index is 509. The van der Waals surface area contributed by atoms with Crippen LogP contribution in [0.3, 0.4) is 0 Å². The predicted molar refractivity (Wildman–Crippen MR) is 56.5 cm³/mol. The molecule has 0 aromatic carbocycles. The molecule has 0 amide bonds. The summed E-state index contributed by atoms with van der Waals surface area (Å²) in [7, 11) is 2.13. The third-order valence-corrected chi connectivity index (χ3v) is 3.79. The normalized spacial score (nSPS) is 11.9. The molecule has 1 aromatic heterocycles. The number of hydrogen-bond acceptors (Lipinski definition) is 4. The summed E-state index contributed by atoms with van der Waals surface area (Å²) < 4.78 is 51.4. The fraction of sp³-hybridized carbons (Fsp3) is 0.286. The van der Waals surface area contributed by atoms with Crippen LogP contribution in [0.15, 0.2) is 15.6 Å². The second-order valence-corrected chi connectivity index (χ2v) is 5.86. The van der Waals surface area contributed by atoms with E-state index in [1.54, 1.807) is 0 Å². The van der Waals surface area contributed by atoms with Gasteiger partial charge in [-0.1, -0.05) is 0 Å². The minimum Gasteiger partial charge on any atom is -0.495 e. The first-order valence-electron chi connectivity index (χ1n) is 3.74. The molecule has 0 aliphatic rings. The summed E-state index contributed by atoms with van der Waals surface area (Å²) in [4.78, 5) is 2.90. The van der Waals surface area contributed by atoms with E-state index in [-0.39, 0.29) is 10.4 Å². The van der Waals surface area contributed by atoms with E-state index in [4.69, 9.17) is 10.7 Å². The maximum Gasteiger partial charge on any atom is 0.280 e. The lowest BCUT2D eigenvalue weighted by molar-refractivity contribution is 0.145. The largest absolute Gasteiger partial charge is 0.495 e. The second kappa shape index (κ2) is 4.80. The number of aromatic nitrogens is 1. The van der Waals surface area contributed by atoms with Crippen LogP contribution in [0.2, 0.25) is 0 Å². The topological polar surface area (TPSA) is 56.3 Å². The molecular formula is C7H5BrClF2NO3S. The lowest BCUT2D eigenvalue weighted by Crippen LogP contribution is -2.02. The number of pyridine rings is 1. The molecule has 0 radical (unpaired) electrons. The summed E-state index contributed by atoms with van der Waals surface area (Å²) in [5, 5.41) is 0. The van der Waals surface area contributed by atoms with Crippen LogP contribution in [0, 0.1) is 0 Å². The Morgan fingerprint density at radius 1 is 1.56 bits per heavy atom. The standard InChI is InChI=1S/C7H5BrClF2NO3S/c1-15-4-2-3(7(10)11)12-6(8)5(4)16(9,13)14/h2,7H,1H3. The second-order valence-electron chi connectivity index (χ2n) is 2.61. The van der Waals surface area contributed by atoms with Crippen molar-refractivity contribution in [3.63, 3.8) is 0 Å². The van der Waals surface area contributed by atoms with Gasteiger partial charge in [-0.25, -0.2) is 22.2 Å². The van der Waals surface area contributed by atoms with E-state index in [0.29, 0.717) is 0 Å². The molecule has 4 nitrogen and oxygen atoms in total.